The molecule has 1 aliphatic carbocycles. The minimum absolute atomic E-state index is 0.266. The van der Waals surface area contributed by atoms with E-state index in [1.165, 1.54) is 0 Å². The predicted molar refractivity (Wildman–Crippen MR) is 60.4 cm³/mol. The first-order valence-corrected chi connectivity index (χ1v) is 5.07. The molecule has 15 heavy (non-hydrogen) atoms. The van der Waals surface area contributed by atoms with E-state index in [2.05, 4.69) is 0 Å². The fourth-order valence-corrected chi connectivity index (χ4v) is 1.77. The van der Waals surface area contributed by atoms with E-state index in [1.807, 2.05) is 30.3 Å². The van der Waals surface area contributed by atoms with Crippen molar-refractivity contribution in [2.75, 3.05) is 0 Å². The standard InChI is InChI=1S/C12H11ClO2/c13-10-7-6-9(11(14)12(10)15)8-4-2-1-3-5-8/h1-7,11-12,14-15H. The van der Waals surface area contributed by atoms with Gasteiger partial charge in [-0.2, -0.15) is 0 Å². The summed E-state index contributed by atoms with van der Waals surface area (Å²) in [6.45, 7) is 0. The highest BCUT2D eigenvalue weighted by Gasteiger charge is 2.26. The van der Waals surface area contributed by atoms with Crippen LogP contribution in [-0.2, 0) is 0 Å². The molecule has 78 valence electrons. The molecule has 3 heteroatoms. The number of benzene rings is 1. The maximum absolute atomic E-state index is 9.82. The van der Waals surface area contributed by atoms with Gasteiger partial charge in [0.25, 0.3) is 0 Å². The monoisotopic (exact) mass is 222 g/mol. The lowest BCUT2D eigenvalue weighted by atomic mass is 9.93. The Kier molecular flexibility index (Phi) is 2.91. The van der Waals surface area contributed by atoms with Crippen LogP contribution in [0.1, 0.15) is 5.56 Å². The van der Waals surface area contributed by atoms with Crippen molar-refractivity contribution in [2.45, 2.75) is 12.2 Å². The third-order valence-electron chi connectivity index (χ3n) is 2.43. The molecule has 1 aromatic carbocycles. The van der Waals surface area contributed by atoms with E-state index >= 15 is 0 Å². The Bertz CT molecular complexity index is 409. The number of allylic oxidation sites excluding steroid dienone is 2. The molecule has 2 rings (SSSR count). The lowest BCUT2D eigenvalue weighted by molar-refractivity contribution is 0.0829. The van der Waals surface area contributed by atoms with Gasteiger partial charge in [0.1, 0.15) is 12.2 Å². The van der Waals surface area contributed by atoms with Crippen LogP contribution in [0.15, 0.2) is 47.5 Å². The van der Waals surface area contributed by atoms with Crippen LogP contribution in [0.5, 0.6) is 0 Å². The Morgan fingerprint density at radius 3 is 2.27 bits per heavy atom. The molecule has 0 saturated heterocycles. The minimum atomic E-state index is -1.02. The van der Waals surface area contributed by atoms with Crippen molar-refractivity contribution >= 4 is 17.2 Å². The second kappa shape index (κ2) is 4.19. The lowest BCUT2D eigenvalue weighted by Crippen LogP contribution is -2.29. The van der Waals surface area contributed by atoms with Gasteiger partial charge >= 0.3 is 0 Å². The Morgan fingerprint density at radius 2 is 1.60 bits per heavy atom. The van der Waals surface area contributed by atoms with Gasteiger partial charge in [-0.25, -0.2) is 0 Å². The maximum Gasteiger partial charge on any atom is 0.120 e. The van der Waals surface area contributed by atoms with E-state index in [0.29, 0.717) is 5.57 Å². The van der Waals surface area contributed by atoms with Crippen LogP contribution in [0.4, 0.5) is 0 Å². The van der Waals surface area contributed by atoms with E-state index in [0.717, 1.165) is 5.56 Å². The molecule has 0 spiro atoms. The second-order valence-corrected chi connectivity index (χ2v) is 3.87. The predicted octanol–water partition coefficient (Wildman–Crippen LogP) is 1.93. The first kappa shape index (κ1) is 10.4. The topological polar surface area (TPSA) is 40.5 Å². The highest BCUT2D eigenvalue weighted by Crippen LogP contribution is 2.28. The molecule has 0 radical (unpaired) electrons. The van der Waals surface area contributed by atoms with E-state index in [1.54, 1.807) is 12.2 Å². The number of rotatable bonds is 1. The van der Waals surface area contributed by atoms with Gasteiger partial charge in [0.15, 0.2) is 0 Å². The molecule has 2 atom stereocenters. The van der Waals surface area contributed by atoms with Gasteiger partial charge in [-0.1, -0.05) is 48.0 Å². The normalized spacial score (nSPS) is 25.8. The summed E-state index contributed by atoms with van der Waals surface area (Å²) in [6.07, 6.45) is 1.37. The molecule has 2 unspecified atom stereocenters. The van der Waals surface area contributed by atoms with E-state index in [9.17, 15) is 10.2 Å². The smallest absolute Gasteiger partial charge is 0.120 e. The fourth-order valence-electron chi connectivity index (χ4n) is 1.59. The zero-order valence-corrected chi connectivity index (χ0v) is 8.72. The Balaban J connectivity index is 2.39. The molecular formula is C12H11ClO2. The average Bonchev–Trinajstić information content (AvgIpc) is 2.27. The molecule has 2 N–H and O–H groups in total. The molecule has 1 aliphatic rings. The highest BCUT2D eigenvalue weighted by molar-refractivity contribution is 6.30. The summed E-state index contributed by atoms with van der Waals surface area (Å²) in [6, 6.07) is 9.44. The van der Waals surface area contributed by atoms with Gasteiger partial charge in [0, 0.05) is 5.03 Å². The summed E-state index contributed by atoms with van der Waals surface area (Å²) in [7, 11) is 0. The summed E-state index contributed by atoms with van der Waals surface area (Å²) < 4.78 is 0. The Labute approximate surface area is 93.1 Å². The zero-order valence-electron chi connectivity index (χ0n) is 7.97. The number of hydrogen-bond acceptors (Lipinski definition) is 2. The summed E-state index contributed by atoms with van der Waals surface area (Å²) in [5, 5.41) is 19.7. The van der Waals surface area contributed by atoms with Crippen LogP contribution in [0, 0.1) is 0 Å². The van der Waals surface area contributed by atoms with Crippen molar-refractivity contribution in [3.05, 3.63) is 53.1 Å². The first-order valence-electron chi connectivity index (χ1n) is 4.69. The van der Waals surface area contributed by atoms with Crippen LogP contribution in [0.25, 0.3) is 5.57 Å². The van der Waals surface area contributed by atoms with Gasteiger partial charge in [-0.15, -0.1) is 0 Å². The minimum Gasteiger partial charge on any atom is -0.385 e. The van der Waals surface area contributed by atoms with Crippen molar-refractivity contribution < 1.29 is 10.2 Å². The summed E-state index contributed by atoms with van der Waals surface area (Å²) in [5.41, 5.74) is 1.58. The molecule has 0 fully saturated rings. The number of aliphatic hydroxyl groups excluding tert-OH is 2. The number of aliphatic hydroxyl groups is 2. The van der Waals surface area contributed by atoms with Gasteiger partial charge in [-0.05, 0) is 17.2 Å². The molecule has 0 bridgehead atoms. The summed E-state index contributed by atoms with van der Waals surface area (Å²) in [5.74, 6) is 0. The van der Waals surface area contributed by atoms with Crippen molar-refractivity contribution in [3.8, 4) is 0 Å². The molecular weight excluding hydrogens is 212 g/mol. The number of hydrogen-bond donors (Lipinski definition) is 2. The molecule has 2 nitrogen and oxygen atoms in total. The molecule has 1 aromatic rings. The van der Waals surface area contributed by atoms with Gasteiger partial charge < -0.3 is 10.2 Å². The van der Waals surface area contributed by atoms with Crippen LogP contribution < -0.4 is 0 Å². The third-order valence-corrected chi connectivity index (χ3v) is 2.78. The van der Waals surface area contributed by atoms with Crippen molar-refractivity contribution in [1.82, 2.24) is 0 Å². The second-order valence-electron chi connectivity index (χ2n) is 3.43. The quantitative estimate of drug-likeness (QED) is 0.762. The van der Waals surface area contributed by atoms with Gasteiger partial charge in [0.2, 0.25) is 0 Å². The van der Waals surface area contributed by atoms with Crippen molar-refractivity contribution in [2.24, 2.45) is 0 Å². The SMILES string of the molecule is OC1C(Cl)=CC=C(c2ccccc2)C1O. The first-order chi connectivity index (χ1) is 7.20. The summed E-state index contributed by atoms with van der Waals surface area (Å²) in [4.78, 5) is 0. The Hall–Kier alpha value is -1.09. The average molecular weight is 223 g/mol. The fraction of sp³-hybridized carbons (Fsp3) is 0.167. The molecule has 0 saturated carbocycles. The van der Waals surface area contributed by atoms with Crippen LogP contribution in [0.3, 0.4) is 0 Å². The van der Waals surface area contributed by atoms with Gasteiger partial charge in [0.05, 0.1) is 0 Å². The van der Waals surface area contributed by atoms with Crippen molar-refractivity contribution in [1.29, 1.82) is 0 Å². The van der Waals surface area contributed by atoms with E-state index in [-0.39, 0.29) is 5.03 Å². The number of halogens is 1. The maximum atomic E-state index is 9.82. The molecule has 0 aliphatic heterocycles. The van der Waals surface area contributed by atoms with Crippen molar-refractivity contribution in [3.63, 3.8) is 0 Å². The largest absolute Gasteiger partial charge is 0.385 e. The lowest BCUT2D eigenvalue weighted by Gasteiger charge is -2.23. The molecule has 0 heterocycles. The summed E-state index contributed by atoms with van der Waals surface area (Å²) >= 11 is 5.72. The third kappa shape index (κ3) is 1.97. The Morgan fingerprint density at radius 1 is 0.933 bits per heavy atom. The molecule has 0 amide bonds. The van der Waals surface area contributed by atoms with Crippen LogP contribution in [-0.4, -0.2) is 22.4 Å². The van der Waals surface area contributed by atoms with Crippen LogP contribution >= 0.6 is 11.6 Å². The van der Waals surface area contributed by atoms with E-state index in [4.69, 9.17) is 11.6 Å². The van der Waals surface area contributed by atoms with Crippen LogP contribution in [0.2, 0.25) is 0 Å². The zero-order chi connectivity index (χ0) is 10.8. The van der Waals surface area contributed by atoms with Gasteiger partial charge in [-0.3, -0.25) is 0 Å². The van der Waals surface area contributed by atoms with E-state index < -0.39 is 12.2 Å². The molecule has 0 aromatic heterocycles. The highest BCUT2D eigenvalue weighted by atomic mass is 35.5.